The Balaban J connectivity index is 2.21. The van der Waals surface area contributed by atoms with Crippen molar-refractivity contribution in [2.75, 3.05) is 11.5 Å². The average Bonchev–Trinajstić information content (AvgIpc) is 2.56. The van der Waals surface area contributed by atoms with Gasteiger partial charge in [-0.1, -0.05) is 0 Å². The lowest BCUT2D eigenvalue weighted by Gasteiger charge is -2.06. The van der Waals surface area contributed by atoms with Crippen molar-refractivity contribution in [2.24, 2.45) is 0 Å². The van der Waals surface area contributed by atoms with Crippen LogP contribution in [0.5, 0.6) is 0 Å². The van der Waals surface area contributed by atoms with Crippen LogP contribution in [-0.4, -0.2) is 29.7 Å². The van der Waals surface area contributed by atoms with E-state index in [1.807, 2.05) is 19.2 Å². The molecule has 13 heavy (non-hydrogen) atoms. The summed E-state index contributed by atoms with van der Waals surface area (Å²) in [6.07, 6.45) is 2.55. The van der Waals surface area contributed by atoms with Crippen LogP contribution in [0.25, 0.3) is 0 Å². The van der Waals surface area contributed by atoms with E-state index in [-0.39, 0.29) is 11.8 Å². The predicted molar refractivity (Wildman–Crippen MR) is 49.3 cm³/mol. The summed E-state index contributed by atoms with van der Waals surface area (Å²) in [4.78, 5) is 0. The Morgan fingerprint density at radius 3 is 2.85 bits per heavy atom. The summed E-state index contributed by atoms with van der Waals surface area (Å²) >= 11 is 0. The van der Waals surface area contributed by atoms with Gasteiger partial charge >= 0.3 is 0 Å². The minimum atomic E-state index is -2.80. The fourth-order valence-electron chi connectivity index (χ4n) is 1.62. The van der Waals surface area contributed by atoms with Gasteiger partial charge in [-0.3, -0.25) is 4.68 Å². The van der Waals surface area contributed by atoms with Gasteiger partial charge in [0.05, 0.1) is 23.2 Å². The van der Waals surface area contributed by atoms with Crippen LogP contribution >= 0.6 is 0 Å². The summed E-state index contributed by atoms with van der Waals surface area (Å²) in [6.45, 7) is 1.90. The van der Waals surface area contributed by atoms with Crippen LogP contribution in [0.15, 0.2) is 12.3 Å². The molecule has 0 spiro atoms. The Kier molecular flexibility index (Phi) is 1.91. The molecular formula is C8H12N2O2S. The number of hydrogen-bond acceptors (Lipinski definition) is 3. The van der Waals surface area contributed by atoms with Crippen molar-refractivity contribution in [3.63, 3.8) is 0 Å². The second-order valence-electron chi connectivity index (χ2n) is 3.49. The minimum absolute atomic E-state index is 0.0544. The van der Waals surface area contributed by atoms with Crippen molar-refractivity contribution in [2.45, 2.75) is 19.4 Å². The molecule has 2 heterocycles. The van der Waals surface area contributed by atoms with Gasteiger partial charge in [0.1, 0.15) is 0 Å². The second kappa shape index (κ2) is 2.83. The molecule has 4 nitrogen and oxygen atoms in total. The van der Waals surface area contributed by atoms with Crippen molar-refractivity contribution in [3.8, 4) is 0 Å². The predicted octanol–water partition coefficient (Wildman–Crippen LogP) is 0.551. The molecule has 72 valence electrons. The third kappa shape index (κ3) is 1.75. The van der Waals surface area contributed by atoms with E-state index < -0.39 is 9.84 Å². The molecule has 1 aliphatic rings. The van der Waals surface area contributed by atoms with Gasteiger partial charge in [-0.25, -0.2) is 8.42 Å². The molecule has 5 heteroatoms. The van der Waals surface area contributed by atoms with Crippen molar-refractivity contribution in [3.05, 3.63) is 18.0 Å². The lowest BCUT2D eigenvalue weighted by molar-refractivity contribution is 0.497. The first-order valence-electron chi connectivity index (χ1n) is 4.29. The van der Waals surface area contributed by atoms with Crippen molar-refractivity contribution >= 4 is 9.84 Å². The summed E-state index contributed by atoms with van der Waals surface area (Å²) in [5.74, 6) is 0.546. The third-order valence-corrected chi connectivity index (χ3v) is 4.07. The molecule has 1 atom stereocenters. The Morgan fingerprint density at radius 2 is 2.38 bits per heavy atom. The van der Waals surface area contributed by atoms with Crippen LogP contribution in [0.4, 0.5) is 0 Å². The Labute approximate surface area is 77.5 Å². The minimum Gasteiger partial charge on any atom is -0.268 e. The zero-order valence-corrected chi connectivity index (χ0v) is 8.29. The van der Waals surface area contributed by atoms with Crippen LogP contribution < -0.4 is 0 Å². The number of hydrogen-bond donors (Lipinski definition) is 0. The van der Waals surface area contributed by atoms with Gasteiger partial charge in [-0.15, -0.1) is 0 Å². The molecule has 1 unspecified atom stereocenters. The van der Waals surface area contributed by atoms with E-state index in [2.05, 4.69) is 5.10 Å². The van der Waals surface area contributed by atoms with Gasteiger partial charge in [-0.05, 0) is 19.4 Å². The third-order valence-electron chi connectivity index (χ3n) is 2.32. The molecule has 0 bridgehead atoms. The SMILES string of the molecule is Cc1ccn(C2CCS(=O)(=O)C2)n1. The van der Waals surface area contributed by atoms with E-state index in [4.69, 9.17) is 0 Å². The van der Waals surface area contributed by atoms with Gasteiger partial charge in [0.2, 0.25) is 0 Å². The molecule has 0 aromatic carbocycles. The molecule has 0 aliphatic carbocycles. The Bertz CT molecular complexity index is 408. The first-order chi connectivity index (χ1) is 6.07. The van der Waals surface area contributed by atoms with Gasteiger partial charge in [0, 0.05) is 6.20 Å². The molecule has 0 amide bonds. The molecule has 0 N–H and O–H groups in total. The maximum absolute atomic E-state index is 11.2. The van der Waals surface area contributed by atoms with Crippen LogP contribution in [0.1, 0.15) is 18.2 Å². The lowest BCUT2D eigenvalue weighted by atomic mass is 10.3. The van der Waals surface area contributed by atoms with E-state index >= 15 is 0 Å². The van der Waals surface area contributed by atoms with Crippen LogP contribution in [0, 0.1) is 6.92 Å². The Morgan fingerprint density at radius 1 is 1.62 bits per heavy atom. The Hall–Kier alpha value is -0.840. The maximum Gasteiger partial charge on any atom is 0.152 e. The monoisotopic (exact) mass is 200 g/mol. The smallest absolute Gasteiger partial charge is 0.152 e. The van der Waals surface area contributed by atoms with Crippen molar-refractivity contribution in [1.82, 2.24) is 9.78 Å². The molecule has 0 radical (unpaired) electrons. The second-order valence-corrected chi connectivity index (χ2v) is 5.72. The van der Waals surface area contributed by atoms with Gasteiger partial charge in [0.25, 0.3) is 0 Å². The van der Waals surface area contributed by atoms with E-state index in [0.717, 1.165) is 5.69 Å². The van der Waals surface area contributed by atoms with Gasteiger partial charge in [0.15, 0.2) is 9.84 Å². The first-order valence-corrected chi connectivity index (χ1v) is 6.11. The molecule has 1 saturated heterocycles. The van der Waals surface area contributed by atoms with Crippen LogP contribution in [-0.2, 0) is 9.84 Å². The molecule has 1 fully saturated rings. The average molecular weight is 200 g/mol. The van der Waals surface area contributed by atoms with Gasteiger partial charge < -0.3 is 0 Å². The molecule has 1 aromatic heterocycles. The van der Waals surface area contributed by atoms with E-state index in [0.29, 0.717) is 12.2 Å². The molecule has 1 aromatic rings. The van der Waals surface area contributed by atoms with Crippen molar-refractivity contribution in [1.29, 1.82) is 0 Å². The first kappa shape index (κ1) is 8.74. The molecule has 1 aliphatic heterocycles. The molecular weight excluding hydrogens is 188 g/mol. The van der Waals surface area contributed by atoms with Crippen LogP contribution in [0.3, 0.4) is 0 Å². The highest BCUT2D eigenvalue weighted by Gasteiger charge is 2.29. The molecule has 0 saturated carbocycles. The number of rotatable bonds is 1. The van der Waals surface area contributed by atoms with Crippen molar-refractivity contribution < 1.29 is 8.42 Å². The molecule has 2 rings (SSSR count). The number of nitrogens with zero attached hydrogens (tertiary/aromatic N) is 2. The normalized spacial score (nSPS) is 26.4. The largest absolute Gasteiger partial charge is 0.268 e. The quantitative estimate of drug-likeness (QED) is 0.665. The fourth-order valence-corrected chi connectivity index (χ4v) is 3.32. The summed E-state index contributed by atoms with van der Waals surface area (Å²) < 4.78 is 24.1. The maximum atomic E-state index is 11.2. The fraction of sp³-hybridized carbons (Fsp3) is 0.625. The number of aryl methyl sites for hydroxylation is 1. The van der Waals surface area contributed by atoms with E-state index in [1.165, 1.54) is 0 Å². The van der Waals surface area contributed by atoms with Gasteiger partial charge in [-0.2, -0.15) is 5.10 Å². The number of sulfone groups is 1. The summed E-state index contributed by atoms with van der Waals surface area (Å²) in [5, 5.41) is 4.21. The summed E-state index contributed by atoms with van der Waals surface area (Å²) in [5.41, 5.74) is 0.935. The van der Waals surface area contributed by atoms with Crippen LogP contribution in [0.2, 0.25) is 0 Å². The number of aromatic nitrogens is 2. The standard InChI is InChI=1S/C8H12N2O2S/c1-7-2-4-10(9-7)8-3-5-13(11,12)6-8/h2,4,8H,3,5-6H2,1H3. The highest BCUT2D eigenvalue weighted by molar-refractivity contribution is 7.91. The zero-order chi connectivity index (χ0) is 9.47. The van der Waals surface area contributed by atoms with E-state index in [1.54, 1.807) is 4.68 Å². The van der Waals surface area contributed by atoms with E-state index in [9.17, 15) is 8.42 Å². The summed E-state index contributed by atoms with van der Waals surface area (Å²) in [7, 11) is -2.80. The topological polar surface area (TPSA) is 52.0 Å². The highest BCUT2D eigenvalue weighted by atomic mass is 32.2. The highest BCUT2D eigenvalue weighted by Crippen LogP contribution is 2.22. The summed E-state index contributed by atoms with van der Waals surface area (Å²) in [6, 6.07) is 1.95. The zero-order valence-electron chi connectivity index (χ0n) is 7.47. The lowest BCUT2D eigenvalue weighted by Crippen LogP contribution is -2.11.